The van der Waals surface area contributed by atoms with E-state index in [-0.39, 0.29) is 18.1 Å². The Morgan fingerprint density at radius 3 is 2.80 bits per heavy atom. The third kappa shape index (κ3) is 7.03. The Morgan fingerprint density at radius 2 is 2.07 bits per heavy atom. The molecular weight excluding hydrogens is 380 g/mol. The van der Waals surface area contributed by atoms with E-state index in [1.54, 1.807) is 6.08 Å². The number of hydrogen-bond acceptors (Lipinski definition) is 5. The van der Waals surface area contributed by atoms with Gasteiger partial charge in [0, 0.05) is 37.3 Å². The first-order valence-electron chi connectivity index (χ1n) is 11.4. The Morgan fingerprint density at radius 1 is 1.30 bits per heavy atom. The minimum absolute atomic E-state index is 0.0851. The van der Waals surface area contributed by atoms with Gasteiger partial charge in [0.25, 0.3) is 0 Å². The highest BCUT2D eigenvalue weighted by atomic mass is 16.5. The highest BCUT2D eigenvalue weighted by molar-refractivity contribution is 5.92. The van der Waals surface area contributed by atoms with Crippen LogP contribution in [-0.4, -0.2) is 62.4 Å². The molecule has 6 heteroatoms. The summed E-state index contributed by atoms with van der Waals surface area (Å²) in [5, 5.41) is 3.07. The molecule has 0 aromatic heterocycles. The number of carbonyl (C=O) groups is 1. The van der Waals surface area contributed by atoms with E-state index in [0.29, 0.717) is 6.61 Å². The molecule has 1 aromatic carbocycles. The predicted molar refractivity (Wildman–Crippen MR) is 119 cm³/mol. The number of benzene rings is 1. The summed E-state index contributed by atoms with van der Waals surface area (Å²) < 4.78 is 17.4. The number of hydrogen-bond donors (Lipinski definition) is 1. The van der Waals surface area contributed by atoms with Crippen molar-refractivity contribution < 1.29 is 19.0 Å². The first-order valence-corrected chi connectivity index (χ1v) is 11.4. The minimum Gasteiger partial charge on any atom is -0.490 e. The molecule has 2 fully saturated rings. The molecule has 30 heavy (non-hydrogen) atoms. The van der Waals surface area contributed by atoms with Crippen molar-refractivity contribution in [3.8, 4) is 11.5 Å². The van der Waals surface area contributed by atoms with Gasteiger partial charge in [-0.25, -0.2) is 0 Å². The first-order chi connectivity index (χ1) is 14.7. The molecule has 166 valence electrons. The Balaban J connectivity index is 1.56. The lowest BCUT2D eigenvalue weighted by Crippen LogP contribution is -2.40. The average molecular weight is 417 g/mol. The number of nitrogens with one attached hydrogen (secondary N) is 1. The summed E-state index contributed by atoms with van der Waals surface area (Å²) >= 11 is 0. The highest BCUT2D eigenvalue weighted by Gasteiger charge is 2.20. The SMILES string of the molecule is CCOc1cccc(/C=C/C(=O)NC(C)CCN2CCOCC2)c1OC1CCCC1. The van der Waals surface area contributed by atoms with Gasteiger partial charge in [-0.05, 0) is 58.1 Å². The fourth-order valence-corrected chi connectivity index (χ4v) is 3.96. The van der Waals surface area contributed by atoms with Crippen LogP contribution in [0, 0.1) is 0 Å². The van der Waals surface area contributed by atoms with E-state index in [1.807, 2.05) is 31.2 Å². The third-order valence-electron chi connectivity index (χ3n) is 5.68. The maximum absolute atomic E-state index is 12.4. The van der Waals surface area contributed by atoms with E-state index >= 15 is 0 Å². The maximum atomic E-state index is 12.4. The zero-order chi connectivity index (χ0) is 21.2. The second-order valence-corrected chi connectivity index (χ2v) is 8.12. The lowest BCUT2D eigenvalue weighted by atomic mass is 10.1. The third-order valence-corrected chi connectivity index (χ3v) is 5.68. The van der Waals surface area contributed by atoms with Crippen LogP contribution in [-0.2, 0) is 9.53 Å². The van der Waals surface area contributed by atoms with Gasteiger partial charge in [0.15, 0.2) is 11.5 Å². The van der Waals surface area contributed by atoms with Crippen LogP contribution in [0.25, 0.3) is 6.08 Å². The van der Waals surface area contributed by atoms with Crippen LogP contribution in [0.3, 0.4) is 0 Å². The van der Waals surface area contributed by atoms with E-state index in [2.05, 4.69) is 17.1 Å². The van der Waals surface area contributed by atoms with Crippen LogP contribution in [0.4, 0.5) is 0 Å². The molecule has 1 aliphatic heterocycles. The summed E-state index contributed by atoms with van der Waals surface area (Å²) in [7, 11) is 0. The van der Waals surface area contributed by atoms with Crippen LogP contribution in [0.2, 0.25) is 0 Å². The zero-order valence-corrected chi connectivity index (χ0v) is 18.4. The van der Waals surface area contributed by atoms with Crippen molar-refractivity contribution in [3.63, 3.8) is 0 Å². The molecule has 1 atom stereocenters. The number of carbonyl (C=O) groups excluding carboxylic acids is 1. The number of rotatable bonds is 10. The first kappa shape index (κ1) is 22.6. The van der Waals surface area contributed by atoms with Gasteiger partial charge < -0.3 is 19.5 Å². The molecule has 1 aromatic rings. The van der Waals surface area contributed by atoms with Crippen LogP contribution >= 0.6 is 0 Å². The molecule has 1 saturated carbocycles. The van der Waals surface area contributed by atoms with Gasteiger partial charge in [0.1, 0.15) is 0 Å². The van der Waals surface area contributed by atoms with Gasteiger partial charge in [0.2, 0.25) is 5.91 Å². The normalized spacial score (nSPS) is 19.1. The molecule has 0 bridgehead atoms. The Bertz CT molecular complexity index is 694. The van der Waals surface area contributed by atoms with Crippen molar-refractivity contribution in [2.45, 2.75) is 58.1 Å². The summed E-state index contributed by atoms with van der Waals surface area (Å²) in [6.07, 6.45) is 9.14. The summed E-state index contributed by atoms with van der Waals surface area (Å²) in [6, 6.07) is 5.96. The quantitative estimate of drug-likeness (QED) is 0.590. The van der Waals surface area contributed by atoms with Gasteiger partial charge in [0.05, 0.1) is 25.9 Å². The Labute approximate surface area is 180 Å². The lowest BCUT2D eigenvalue weighted by molar-refractivity contribution is -0.117. The minimum atomic E-state index is -0.0851. The monoisotopic (exact) mass is 416 g/mol. The van der Waals surface area contributed by atoms with Crippen molar-refractivity contribution >= 4 is 12.0 Å². The molecule has 1 amide bonds. The highest BCUT2D eigenvalue weighted by Crippen LogP contribution is 2.35. The van der Waals surface area contributed by atoms with Gasteiger partial charge in [-0.1, -0.05) is 12.1 Å². The molecule has 0 radical (unpaired) electrons. The summed E-state index contributed by atoms with van der Waals surface area (Å²) in [5.74, 6) is 1.40. The molecule has 1 heterocycles. The molecule has 1 N–H and O–H groups in total. The van der Waals surface area contributed by atoms with Gasteiger partial charge in [-0.2, -0.15) is 0 Å². The number of amides is 1. The molecule has 1 aliphatic carbocycles. The van der Waals surface area contributed by atoms with Crippen LogP contribution in [0.5, 0.6) is 11.5 Å². The number of para-hydroxylation sites is 1. The zero-order valence-electron chi connectivity index (χ0n) is 18.4. The van der Waals surface area contributed by atoms with E-state index in [1.165, 1.54) is 12.8 Å². The molecule has 3 rings (SSSR count). The molecule has 2 aliphatic rings. The fourth-order valence-electron chi connectivity index (χ4n) is 3.96. The molecular formula is C24H36N2O4. The van der Waals surface area contributed by atoms with Crippen LogP contribution in [0.1, 0.15) is 51.5 Å². The fraction of sp³-hybridized carbons (Fsp3) is 0.625. The predicted octanol–water partition coefficient (Wildman–Crippen LogP) is 3.65. The van der Waals surface area contributed by atoms with Crippen LogP contribution < -0.4 is 14.8 Å². The summed E-state index contributed by atoms with van der Waals surface area (Å²) in [4.78, 5) is 14.8. The topological polar surface area (TPSA) is 60.0 Å². The second kappa shape index (κ2) is 12.0. The van der Waals surface area contributed by atoms with Gasteiger partial charge in [-0.15, -0.1) is 0 Å². The molecule has 1 unspecified atom stereocenters. The smallest absolute Gasteiger partial charge is 0.244 e. The summed E-state index contributed by atoms with van der Waals surface area (Å²) in [5.41, 5.74) is 0.879. The van der Waals surface area contributed by atoms with Crippen molar-refractivity contribution in [3.05, 3.63) is 29.8 Å². The van der Waals surface area contributed by atoms with E-state index in [9.17, 15) is 4.79 Å². The second-order valence-electron chi connectivity index (χ2n) is 8.12. The molecule has 0 spiro atoms. The maximum Gasteiger partial charge on any atom is 0.244 e. The van der Waals surface area contributed by atoms with E-state index in [0.717, 1.165) is 69.2 Å². The van der Waals surface area contributed by atoms with Crippen LogP contribution in [0.15, 0.2) is 24.3 Å². The van der Waals surface area contributed by atoms with Crippen molar-refractivity contribution in [2.24, 2.45) is 0 Å². The average Bonchev–Trinajstić information content (AvgIpc) is 3.26. The molecule has 1 saturated heterocycles. The van der Waals surface area contributed by atoms with Crippen molar-refractivity contribution in [1.82, 2.24) is 10.2 Å². The van der Waals surface area contributed by atoms with Crippen molar-refractivity contribution in [1.29, 1.82) is 0 Å². The number of nitrogens with zero attached hydrogens (tertiary/aromatic N) is 1. The number of morpholine rings is 1. The Kier molecular flexibility index (Phi) is 9.02. The lowest BCUT2D eigenvalue weighted by Gasteiger charge is -2.27. The van der Waals surface area contributed by atoms with E-state index < -0.39 is 0 Å². The number of ether oxygens (including phenoxy) is 3. The molecule has 6 nitrogen and oxygen atoms in total. The van der Waals surface area contributed by atoms with E-state index in [4.69, 9.17) is 14.2 Å². The van der Waals surface area contributed by atoms with Gasteiger partial charge >= 0.3 is 0 Å². The standard InChI is InChI=1S/C24H36N2O4/c1-3-29-22-10-6-7-20(24(22)30-21-8-4-5-9-21)11-12-23(27)25-19(2)13-14-26-15-17-28-18-16-26/h6-7,10-12,19,21H,3-5,8-9,13-18H2,1-2H3,(H,25,27)/b12-11+. The summed E-state index contributed by atoms with van der Waals surface area (Å²) in [6.45, 7) is 9.12. The van der Waals surface area contributed by atoms with Crippen molar-refractivity contribution in [2.75, 3.05) is 39.5 Å². The Hall–Kier alpha value is -2.05. The largest absolute Gasteiger partial charge is 0.490 e. The van der Waals surface area contributed by atoms with Gasteiger partial charge in [-0.3, -0.25) is 9.69 Å².